The van der Waals surface area contributed by atoms with Gasteiger partial charge in [0.05, 0.1) is 0 Å². The standard InChI is InChI=1S/6C2H5.2Sn.Te/c6*1-2;;;/h6*1H2,2H3;;;/q;;;;;;;;+1. The average molecular weight is 539 g/mol. The molecule has 0 saturated carbocycles. The average Bonchev–Trinajstić information content (AvgIpc) is 2.24. The van der Waals surface area contributed by atoms with Crippen LogP contribution in [0, 0.1) is 0 Å². The molecule has 0 nitrogen and oxygen atoms in total. The molecule has 91 valence electrons. The Morgan fingerprint density at radius 1 is 0.467 bits per heavy atom. The van der Waals surface area contributed by atoms with Crippen molar-refractivity contribution in [1.82, 2.24) is 0 Å². The first-order valence-corrected chi connectivity index (χ1v) is 18.5. The van der Waals surface area contributed by atoms with E-state index < -0.39 is 39.5 Å². The van der Waals surface area contributed by atoms with Crippen LogP contribution in [0.15, 0.2) is 0 Å². The van der Waals surface area contributed by atoms with Gasteiger partial charge in [-0.05, 0) is 0 Å². The van der Waals surface area contributed by atoms with Crippen molar-refractivity contribution in [2.75, 3.05) is 0 Å². The van der Waals surface area contributed by atoms with Gasteiger partial charge in [0.15, 0.2) is 0 Å². The molecule has 0 spiro atoms. The second-order valence-corrected chi connectivity index (χ2v) is 24.3. The Morgan fingerprint density at radius 2 is 0.600 bits per heavy atom. The molecular formula is C12H30Sn2Te+. The molecule has 5 radical (unpaired) electrons. The van der Waals surface area contributed by atoms with Crippen LogP contribution in [0.4, 0.5) is 0 Å². The number of hydrogen-bond acceptors (Lipinski definition) is 0. The van der Waals surface area contributed by atoms with Gasteiger partial charge in [0.2, 0.25) is 0 Å². The molecule has 0 aromatic rings. The Labute approximate surface area is 130 Å². The molecule has 15 heavy (non-hydrogen) atoms. The van der Waals surface area contributed by atoms with E-state index in [0.717, 1.165) is 0 Å². The quantitative estimate of drug-likeness (QED) is 0.430. The molecule has 0 heterocycles. The monoisotopic (exact) mass is 544 g/mol. The molecule has 0 N–H and O–H groups in total. The van der Waals surface area contributed by atoms with Gasteiger partial charge in [0.1, 0.15) is 0 Å². The molecule has 0 amide bonds. The Bertz CT molecular complexity index is 68.6. The third-order valence-electron chi connectivity index (χ3n) is 3.00. The van der Waals surface area contributed by atoms with E-state index in [2.05, 4.69) is 41.5 Å². The van der Waals surface area contributed by atoms with Crippen molar-refractivity contribution in [1.29, 1.82) is 0 Å². The van der Waals surface area contributed by atoms with Crippen molar-refractivity contribution in [3.63, 3.8) is 0 Å². The van der Waals surface area contributed by atoms with Crippen LogP contribution < -0.4 is 0 Å². The van der Waals surface area contributed by atoms with E-state index in [1.54, 1.807) is 26.6 Å². The fourth-order valence-electron chi connectivity index (χ4n) is 1.50. The summed E-state index contributed by atoms with van der Waals surface area (Å²) in [5, 5.41) is 0. The van der Waals surface area contributed by atoms with E-state index in [0.29, 0.717) is 0 Å². The van der Waals surface area contributed by atoms with E-state index in [1.807, 2.05) is 0 Å². The predicted molar refractivity (Wildman–Crippen MR) is 80.1 cm³/mol. The number of hydrogen-bond donors (Lipinski definition) is 0. The maximum absolute atomic E-state index is 2.35. The van der Waals surface area contributed by atoms with Crippen molar-refractivity contribution in [3.8, 4) is 0 Å². The Morgan fingerprint density at radius 3 is 0.600 bits per heavy atom. The predicted octanol–water partition coefficient (Wildman–Crippen LogP) is 4.70. The second kappa shape index (κ2) is 18.7. The fourth-order valence-corrected chi connectivity index (χ4v) is 10.1. The van der Waals surface area contributed by atoms with Crippen molar-refractivity contribution in [3.05, 3.63) is 0 Å². The fraction of sp³-hybridized carbons (Fsp3) is 1.00. The molecule has 0 aliphatic carbocycles. The van der Waals surface area contributed by atoms with E-state index in [4.69, 9.17) is 0 Å². The summed E-state index contributed by atoms with van der Waals surface area (Å²) in [6.45, 7) is 14.1. The van der Waals surface area contributed by atoms with E-state index >= 15 is 0 Å². The van der Waals surface area contributed by atoms with Gasteiger partial charge in [-0.2, -0.15) is 0 Å². The molecule has 0 unspecified atom stereocenters. The largest absolute Gasteiger partial charge is 1.00 e. The van der Waals surface area contributed by atoms with Crippen molar-refractivity contribution in [2.45, 2.75) is 68.2 Å². The van der Waals surface area contributed by atoms with Gasteiger partial charge in [0, 0.05) is 0 Å². The summed E-state index contributed by atoms with van der Waals surface area (Å²) in [5.74, 6) is 0. The van der Waals surface area contributed by atoms with Gasteiger partial charge in [-0.3, -0.25) is 0 Å². The summed E-state index contributed by atoms with van der Waals surface area (Å²) in [7, 11) is 0. The third-order valence-corrected chi connectivity index (χ3v) is 20.1. The zero-order valence-electron chi connectivity index (χ0n) is 11.7. The Hall–Kier alpha value is 2.39. The second-order valence-electron chi connectivity index (χ2n) is 3.62. The maximum Gasteiger partial charge on any atom is 1.00 e. The first kappa shape index (κ1) is 22.6. The van der Waals surface area contributed by atoms with Gasteiger partial charge in [0.25, 0.3) is 0 Å². The van der Waals surface area contributed by atoms with Gasteiger partial charge in [-0.1, -0.05) is 0 Å². The van der Waals surface area contributed by atoms with E-state index in [-0.39, 0.29) is 23.7 Å². The molecule has 0 saturated heterocycles. The minimum atomic E-state index is -0.653. The normalized spacial score (nSPS) is 9.60. The van der Waals surface area contributed by atoms with Gasteiger partial charge < -0.3 is 0 Å². The van der Waals surface area contributed by atoms with Crippen LogP contribution >= 0.6 is 0 Å². The molecule has 0 aromatic carbocycles. The molecular weight excluding hydrogens is 509 g/mol. The van der Waals surface area contributed by atoms with Crippen LogP contribution in [0.5, 0.6) is 0 Å². The minimum absolute atomic E-state index is 0. The Balaban J connectivity index is -0.000000180. The molecule has 0 atom stereocenters. The molecule has 3 heteroatoms. The maximum atomic E-state index is 2.35. The third kappa shape index (κ3) is 16.4. The van der Waals surface area contributed by atoms with Crippen molar-refractivity contribution >= 4 is 63.2 Å². The Kier molecular flexibility index (Phi) is 28.2. The van der Waals surface area contributed by atoms with Crippen LogP contribution in [-0.4, -0.2) is 63.2 Å². The minimum Gasteiger partial charge on any atom is 1.00 e. The van der Waals surface area contributed by atoms with Crippen molar-refractivity contribution in [2.24, 2.45) is 0 Å². The molecule has 0 fully saturated rings. The van der Waals surface area contributed by atoms with Gasteiger partial charge >= 0.3 is 131 Å². The SMILES string of the molecule is C[CH2][Sn]([CH2]C)[CH2]C.C[CH2][Sn]([CH2]C)[CH2]C.[Te+]. The molecule has 0 aliphatic rings. The first-order valence-electron chi connectivity index (χ1n) is 6.36. The summed E-state index contributed by atoms with van der Waals surface area (Å²) in [6, 6.07) is 0. The van der Waals surface area contributed by atoms with Crippen LogP contribution in [0.1, 0.15) is 41.5 Å². The topological polar surface area (TPSA) is 0 Å². The molecule has 0 rings (SSSR count). The summed E-state index contributed by atoms with van der Waals surface area (Å²) in [4.78, 5) is 0. The summed E-state index contributed by atoms with van der Waals surface area (Å²) in [5.41, 5.74) is 0. The van der Waals surface area contributed by atoms with E-state index in [1.165, 1.54) is 0 Å². The van der Waals surface area contributed by atoms with Gasteiger partial charge in [-0.25, -0.2) is 0 Å². The van der Waals surface area contributed by atoms with Crippen LogP contribution in [0.25, 0.3) is 0 Å². The molecule has 0 aromatic heterocycles. The summed E-state index contributed by atoms with van der Waals surface area (Å²) in [6.07, 6.45) is 0. The zero-order valence-corrected chi connectivity index (χ0v) is 19.7. The van der Waals surface area contributed by atoms with Crippen LogP contribution in [-0.2, 0) is 0 Å². The summed E-state index contributed by atoms with van der Waals surface area (Å²) >= 11 is -1.31. The number of rotatable bonds is 6. The molecule has 0 aliphatic heterocycles. The first-order chi connectivity index (χ1) is 6.69. The zero-order chi connectivity index (χ0) is 11.4. The van der Waals surface area contributed by atoms with Gasteiger partial charge in [-0.15, -0.1) is 0 Å². The molecule has 0 bridgehead atoms. The smallest absolute Gasteiger partial charge is 1.00 e. The summed E-state index contributed by atoms with van der Waals surface area (Å²) < 4.78 is 9.30. The van der Waals surface area contributed by atoms with Crippen LogP contribution in [0.2, 0.25) is 26.6 Å². The van der Waals surface area contributed by atoms with Crippen molar-refractivity contribution < 1.29 is 0 Å². The van der Waals surface area contributed by atoms with Crippen LogP contribution in [0.3, 0.4) is 0 Å². The van der Waals surface area contributed by atoms with E-state index in [9.17, 15) is 0 Å².